The Hall–Kier alpha value is -2.02. The van der Waals surface area contributed by atoms with Crippen LogP contribution >= 0.6 is 0 Å². The maximum Gasteiger partial charge on any atom is 0.411 e. The zero-order chi connectivity index (χ0) is 17.2. The lowest BCUT2D eigenvalue weighted by Crippen LogP contribution is -2.54. The average molecular weight is 327 g/mol. The van der Waals surface area contributed by atoms with Gasteiger partial charge in [-0.3, -0.25) is 9.69 Å². The van der Waals surface area contributed by atoms with Gasteiger partial charge in [0, 0.05) is 12.6 Å². The molecule has 1 heterocycles. The molecule has 1 unspecified atom stereocenters. The minimum Gasteiger partial charge on any atom is -0.444 e. The number of rotatable bonds is 2. The Bertz CT molecular complexity index is 613. The molecular formula is C16H19F2NO4. The molecule has 1 aromatic rings. The van der Waals surface area contributed by atoms with Crippen molar-refractivity contribution in [3.05, 3.63) is 35.4 Å². The van der Waals surface area contributed by atoms with Crippen LogP contribution in [0.3, 0.4) is 0 Å². The van der Waals surface area contributed by atoms with Crippen molar-refractivity contribution in [3.8, 4) is 0 Å². The Morgan fingerprint density at radius 2 is 2.00 bits per heavy atom. The van der Waals surface area contributed by atoms with E-state index in [1.165, 1.54) is 4.90 Å². The van der Waals surface area contributed by atoms with Crippen LogP contribution in [0.2, 0.25) is 0 Å². The van der Waals surface area contributed by atoms with Gasteiger partial charge in [0.05, 0.1) is 18.8 Å². The van der Waals surface area contributed by atoms with Gasteiger partial charge in [-0.15, -0.1) is 0 Å². The highest BCUT2D eigenvalue weighted by molar-refractivity contribution is 6.01. The Balaban J connectivity index is 2.23. The fourth-order valence-electron chi connectivity index (χ4n) is 2.23. The number of carbonyl (C=O) groups excluding carboxylic acids is 2. The number of amides is 1. The molecule has 2 rings (SSSR count). The van der Waals surface area contributed by atoms with E-state index in [-0.39, 0.29) is 25.3 Å². The first-order valence-electron chi connectivity index (χ1n) is 7.25. The molecule has 5 nitrogen and oxygen atoms in total. The van der Waals surface area contributed by atoms with Crippen LogP contribution in [0.1, 0.15) is 31.1 Å². The molecular weight excluding hydrogens is 308 g/mol. The Morgan fingerprint density at radius 3 is 2.61 bits per heavy atom. The predicted molar refractivity (Wildman–Crippen MR) is 78.2 cm³/mol. The minimum atomic E-state index is -1.00. The highest BCUT2D eigenvalue weighted by Gasteiger charge is 2.36. The van der Waals surface area contributed by atoms with E-state index in [2.05, 4.69) is 0 Å². The van der Waals surface area contributed by atoms with Crippen molar-refractivity contribution in [1.82, 2.24) is 4.90 Å². The van der Waals surface area contributed by atoms with Crippen LogP contribution < -0.4 is 0 Å². The van der Waals surface area contributed by atoms with Gasteiger partial charge in [-0.25, -0.2) is 13.6 Å². The van der Waals surface area contributed by atoms with E-state index in [0.29, 0.717) is 6.07 Å². The Morgan fingerprint density at radius 1 is 1.30 bits per heavy atom. The molecule has 7 heteroatoms. The van der Waals surface area contributed by atoms with E-state index in [4.69, 9.17) is 9.47 Å². The second kappa shape index (κ2) is 6.62. The molecule has 126 valence electrons. The third-order valence-electron chi connectivity index (χ3n) is 3.26. The molecule has 1 aliphatic rings. The lowest BCUT2D eigenvalue weighted by Gasteiger charge is -2.35. The first-order chi connectivity index (χ1) is 10.7. The average Bonchev–Trinajstić information content (AvgIpc) is 2.45. The molecule has 1 fully saturated rings. The number of ketones is 1. The highest BCUT2D eigenvalue weighted by Crippen LogP contribution is 2.19. The number of morpholine rings is 1. The molecule has 1 aromatic carbocycles. The van der Waals surface area contributed by atoms with Crippen molar-refractivity contribution in [3.63, 3.8) is 0 Å². The summed E-state index contributed by atoms with van der Waals surface area (Å²) in [5.41, 5.74) is -1.00. The topological polar surface area (TPSA) is 55.8 Å². The molecule has 0 N–H and O–H groups in total. The van der Waals surface area contributed by atoms with Crippen molar-refractivity contribution >= 4 is 11.9 Å². The summed E-state index contributed by atoms with van der Waals surface area (Å²) in [6.07, 6.45) is -0.665. The number of ether oxygens (including phenoxy) is 2. The number of benzene rings is 1. The van der Waals surface area contributed by atoms with Gasteiger partial charge in [-0.05, 0) is 32.9 Å². The van der Waals surface area contributed by atoms with Crippen molar-refractivity contribution in [2.45, 2.75) is 32.4 Å². The highest BCUT2D eigenvalue weighted by atomic mass is 19.1. The molecule has 1 atom stereocenters. The molecule has 1 saturated heterocycles. The summed E-state index contributed by atoms with van der Waals surface area (Å²) in [4.78, 5) is 26.0. The van der Waals surface area contributed by atoms with Gasteiger partial charge >= 0.3 is 6.09 Å². The zero-order valence-corrected chi connectivity index (χ0v) is 13.3. The van der Waals surface area contributed by atoms with E-state index < -0.39 is 35.2 Å². The number of carbonyl (C=O) groups is 2. The summed E-state index contributed by atoms with van der Waals surface area (Å²) in [5.74, 6) is -2.39. The lowest BCUT2D eigenvalue weighted by atomic mass is 10.0. The molecule has 23 heavy (non-hydrogen) atoms. The number of hydrogen-bond acceptors (Lipinski definition) is 4. The Labute approximate surface area is 133 Å². The summed E-state index contributed by atoms with van der Waals surface area (Å²) in [7, 11) is 0. The summed E-state index contributed by atoms with van der Waals surface area (Å²) in [6, 6.07) is 1.69. The fourth-order valence-corrected chi connectivity index (χ4v) is 2.23. The monoisotopic (exact) mass is 327 g/mol. The number of Topliss-reactive ketones (excluding diaryl/α,β-unsaturated/α-hetero) is 1. The third kappa shape index (κ3) is 4.25. The SMILES string of the molecule is CC(C)(C)OC(=O)N1CCOCC1C(=O)c1ccc(F)cc1F. The zero-order valence-electron chi connectivity index (χ0n) is 13.3. The van der Waals surface area contributed by atoms with Crippen molar-refractivity contribution in [1.29, 1.82) is 0 Å². The van der Waals surface area contributed by atoms with Gasteiger partial charge < -0.3 is 9.47 Å². The summed E-state index contributed by atoms with van der Waals surface area (Å²) in [5, 5.41) is 0. The van der Waals surface area contributed by atoms with E-state index >= 15 is 0 Å². The first-order valence-corrected chi connectivity index (χ1v) is 7.25. The molecule has 0 saturated carbocycles. The van der Waals surface area contributed by atoms with Gasteiger partial charge in [0.25, 0.3) is 0 Å². The number of hydrogen-bond donors (Lipinski definition) is 0. The van der Waals surface area contributed by atoms with Crippen molar-refractivity contribution in [2.75, 3.05) is 19.8 Å². The quantitative estimate of drug-likeness (QED) is 0.784. The lowest BCUT2D eigenvalue weighted by molar-refractivity contribution is -0.0266. The van der Waals surface area contributed by atoms with E-state index in [0.717, 1.165) is 12.1 Å². The van der Waals surface area contributed by atoms with Crippen LogP contribution in [-0.2, 0) is 9.47 Å². The van der Waals surface area contributed by atoms with Crippen LogP contribution in [0.25, 0.3) is 0 Å². The number of halogens is 2. The second-order valence-electron chi connectivity index (χ2n) is 6.25. The molecule has 0 radical (unpaired) electrons. The summed E-state index contributed by atoms with van der Waals surface area (Å²) < 4.78 is 37.3. The van der Waals surface area contributed by atoms with Gasteiger partial charge in [-0.2, -0.15) is 0 Å². The normalized spacial score (nSPS) is 18.7. The molecule has 0 spiro atoms. The predicted octanol–water partition coefficient (Wildman–Crippen LogP) is 2.78. The fraction of sp³-hybridized carbons (Fsp3) is 0.500. The molecule has 1 amide bonds. The Kier molecular flexibility index (Phi) is 4.99. The second-order valence-corrected chi connectivity index (χ2v) is 6.25. The van der Waals surface area contributed by atoms with Crippen LogP contribution in [0, 0.1) is 11.6 Å². The number of nitrogens with zero attached hydrogens (tertiary/aromatic N) is 1. The largest absolute Gasteiger partial charge is 0.444 e. The maximum absolute atomic E-state index is 13.8. The smallest absolute Gasteiger partial charge is 0.411 e. The minimum absolute atomic E-state index is 0.0606. The third-order valence-corrected chi connectivity index (χ3v) is 3.26. The van der Waals surface area contributed by atoms with E-state index in [1.807, 2.05) is 0 Å². The van der Waals surface area contributed by atoms with E-state index in [9.17, 15) is 18.4 Å². The first kappa shape index (κ1) is 17.3. The molecule has 0 aromatic heterocycles. The van der Waals surface area contributed by atoms with Crippen LogP contribution in [-0.4, -0.2) is 48.2 Å². The standard InChI is InChI=1S/C16H19F2NO4/c1-16(2,3)23-15(21)19-6-7-22-9-13(19)14(20)11-5-4-10(17)8-12(11)18/h4-5,8,13H,6-7,9H2,1-3H3. The van der Waals surface area contributed by atoms with Crippen LogP contribution in [0.15, 0.2) is 18.2 Å². The van der Waals surface area contributed by atoms with Gasteiger partial charge in [0.2, 0.25) is 0 Å². The maximum atomic E-state index is 13.8. The van der Waals surface area contributed by atoms with Crippen molar-refractivity contribution in [2.24, 2.45) is 0 Å². The van der Waals surface area contributed by atoms with Crippen LogP contribution in [0.5, 0.6) is 0 Å². The molecule has 1 aliphatic heterocycles. The van der Waals surface area contributed by atoms with Crippen LogP contribution in [0.4, 0.5) is 13.6 Å². The summed E-state index contributed by atoms with van der Waals surface area (Å²) >= 11 is 0. The van der Waals surface area contributed by atoms with E-state index in [1.54, 1.807) is 20.8 Å². The van der Waals surface area contributed by atoms with Crippen molar-refractivity contribution < 1.29 is 27.8 Å². The summed E-state index contributed by atoms with van der Waals surface area (Å²) in [6.45, 7) is 5.49. The van der Waals surface area contributed by atoms with Gasteiger partial charge in [-0.1, -0.05) is 0 Å². The van der Waals surface area contributed by atoms with Gasteiger partial charge in [0.1, 0.15) is 23.3 Å². The molecule has 0 bridgehead atoms. The molecule has 0 aliphatic carbocycles. The van der Waals surface area contributed by atoms with Gasteiger partial charge in [0.15, 0.2) is 5.78 Å².